The molecule has 15 heavy (non-hydrogen) atoms. The predicted molar refractivity (Wildman–Crippen MR) is 51.5 cm³/mol. The first-order valence-corrected chi connectivity index (χ1v) is 4.66. The molecule has 0 bridgehead atoms. The molecule has 1 saturated carbocycles. The van der Waals surface area contributed by atoms with Crippen LogP contribution in [-0.4, -0.2) is 21.1 Å². The van der Waals surface area contributed by atoms with E-state index in [1.165, 1.54) is 10.7 Å². The lowest BCUT2D eigenvalue weighted by atomic mass is 9.93. The van der Waals surface area contributed by atoms with Crippen LogP contribution < -0.4 is 5.32 Å². The van der Waals surface area contributed by atoms with Crippen molar-refractivity contribution in [1.29, 1.82) is 0 Å². The molecule has 80 valence electrons. The Hall–Kier alpha value is -1.92. The van der Waals surface area contributed by atoms with Crippen LogP contribution in [0.1, 0.15) is 25.3 Å². The summed E-state index contributed by atoms with van der Waals surface area (Å²) in [5.41, 5.74) is 0. The third kappa shape index (κ3) is 1.67. The van der Waals surface area contributed by atoms with Crippen molar-refractivity contribution >= 4 is 18.0 Å². The summed E-state index contributed by atoms with van der Waals surface area (Å²) in [5.74, 6) is 0.160. The second-order valence-electron chi connectivity index (χ2n) is 3.44. The number of hydrogen-bond donors (Lipinski definition) is 1. The fourth-order valence-electron chi connectivity index (χ4n) is 1.55. The van der Waals surface area contributed by atoms with E-state index >= 15 is 0 Å². The van der Waals surface area contributed by atoms with Crippen LogP contribution in [0.2, 0.25) is 0 Å². The van der Waals surface area contributed by atoms with Gasteiger partial charge in [-0.25, -0.2) is 0 Å². The van der Waals surface area contributed by atoms with Crippen LogP contribution in [0.25, 0.3) is 0 Å². The minimum Gasteiger partial charge on any atom is -0.358 e. The van der Waals surface area contributed by atoms with E-state index in [2.05, 4.69) is 10.4 Å². The highest BCUT2D eigenvalue weighted by Crippen LogP contribution is 2.35. The number of anilines is 1. The standard InChI is InChI=1S/C8H10N4O3/c13-5-9-7-4-8(12(14)15)11(10-7)6-2-1-3-6/h4-6H,1-3H2,(H,9,10,13). The normalized spacial score (nSPS) is 15.7. The third-order valence-corrected chi connectivity index (χ3v) is 2.53. The molecule has 1 N–H and O–H groups in total. The molecule has 0 atom stereocenters. The molecule has 1 heterocycles. The number of aromatic nitrogens is 2. The van der Waals surface area contributed by atoms with E-state index in [9.17, 15) is 14.9 Å². The van der Waals surface area contributed by atoms with Crippen LogP contribution in [0.3, 0.4) is 0 Å². The number of carbonyl (C=O) groups is 1. The van der Waals surface area contributed by atoms with Crippen molar-refractivity contribution < 1.29 is 9.72 Å². The molecule has 0 aliphatic heterocycles. The van der Waals surface area contributed by atoms with Gasteiger partial charge in [-0.15, -0.1) is 4.68 Å². The highest BCUT2D eigenvalue weighted by atomic mass is 16.6. The Bertz CT molecular complexity index is 397. The van der Waals surface area contributed by atoms with Gasteiger partial charge in [0.2, 0.25) is 6.41 Å². The number of nitrogens with one attached hydrogen (secondary N) is 1. The Morgan fingerprint density at radius 2 is 2.40 bits per heavy atom. The number of carbonyl (C=O) groups excluding carboxylic acids is 1. The van der Waals surface area contributed by atoms with Crippen molar-refractivity contribution in [2.45, 2.75) is 25.3 Å². The van der Waals surface area contributed by atoms with Crippen LogP contribution >= 0.6 is 0 Å². The van der Waals surface area contributed by atoms with Crippen LogP contribution in [-0.2, 0) is 4.79 Å². The van der Waals surface area contributed by atoms with E-state index < -0.39 is 4.92 Å². The highest BCUT2D eigenvalue weighted by molar-refractivity contribution is 5.69. The second-order valence-corrected chi connectivity index (χ2v) is 3.44. The molecule has 2 rings (SSSR count). The zero-order valence-electron chi connectivity index (χ0n) is 7.92. The van der Waals surface area contributed by atoms with Crippen LogP contribution in [0, 0.1) is 10.1 Å². The van der Waals surface area contributed by atoms with E-state index in [1.807, 2.05) is 0 Å². The number of amides is 1. The molecule has 0 saturated heterocycles. The van der Waals surface area contributed by atoms with Crippen molar-refractivity contribution in [2.24, 2.45) is 0 Å². The predicted octanol–water partition coefficient (Wildman–Crippen LogP) is 1.08. The van der Waals surface area contributed by atoms with E-state index in [1.54, 1.807) is 0 Å². The van der Waals surface area contributed by atoms with Crippen molar-refractivity contribution in [2.75, 3.05) is 5.32 Å². The second kappa shape index (κ2) is 3.68. The van der Waals surface area contributed by atoms with E-state index in [0.29, 0.717) is 6.41 Å². The summed E-state index contributed by atoms with van der Waals surface area (Å²) in [6.45, 7) is 0. The van der Waals surface area contributed by atoms with E-state index in [-0.39, 0.29) is 17.7 Å². The first kappa shape index (κ1) is 9.63. The van der Waals surface area contributed by atoms with Crippen LogP contribution in [0.5, 0.6) is 0 Å². The molecule has 1 aromatic rings. The number of nitro groups is 1. The minimum atomic E-state index is -0.485. The molecule has 1 aliphatic carbocycles. The molecule has 1 aromatic heterocycles. The monoisotopic (exact) mass is 210 g/mol. The third-order valence-electron chi connectivity index (χ3n) is 2.53. The molecule has 1 amide bonds. The molecule has 0 spiro atoms. The minimum absolute atomic E-state index is 0.0657. The number of rotatable bonds is 4. The molecule has 7 nitrogen and oxygen atoms in total. The van der Waals surface area contributed by atoms with Gasteiger partial charge in [-0.1, -0.05) is 5.10 Å². The Morgan fingerprint density at radius 1 is 1.67 bits per heavy atom. The van der Waals surface area contributed by atoms with Gasteiger partial charge in [-0.3, -0.25) is 4.79 Å². The summed E-state index contributed by atoms with van der Waals surface area (Å²) < 4.78 is 1.38. The van der Waals surface area contributed by atoms with Gasteiger partial charge in [0.15, 0.2) is 5.82 Å². The lowest BCUT2D eigenvalue weighted by molar-refractivity contribution is -0.393. The Morgan fingerprint density at radius 3 is 2.87 bits per heavy atom. The van der Waals surface area contributed by atoms with Gasteiger partial charge in [-0.05, 0) is 24.2 Å². The molecule has 1 fully saturated rings. The van der Waals surface area contributed by atoms with Crippen molar-refractivity contribution in [3.05, 3.63) is 16.2 Å². The quantitative estimate of drug-likeness (QED) is 0.457. The average Bonchev–Trinajstić information content (AvgIpc) is 2.46. The van der Waals surface area contributed by atoms with Gasteiger partial charge in [0.05, 0.1) is 6.07 Å². The summed E-state index contributed by atoms with van der Waals surface area (Å²) >= 11 is 0. The molecule has 7 heteroatoms. The molecule has 1 aliphatic rings. The van der Waals surface area contributed by atoms with E-state index in [4.69, 9.17) is 0 Å². The van der Waals surface area contributed by atoms with Crippen LogP contribution in [0.15, 0.2) is 6.07 Å². The van der Waals surface area contributed by atoms with Gasteiger partial charge in [0, 0.05) is 0 Å². The maximum Gasteiger partial charge on any atom is 0.347 e. The molecule has 0 radical (unpaired) electrons. The number of hydrogen-bond acceptors (Lipinski definition) is 4. The van der Waals surface area contributed by atoms with Gasteiger partial charge >= 0.3 is 5.82 Å². The van der Waals surface area contributed by atoms with Crippen molar-refractivity contribution in [3.8, 4) is 0 Å². The summed E-state index contributed by atoms with van der Waals surface area (Å²) in [6.07, 6.45) is 3.33. The first-order chi connectivity index (χ1) is 7.22. The SMILES string of the molecule is O=CNc1cc([N+](=O)[O-])n(C2CCC2)n1. The fraction of sp³-hybridized carbons (Fsp3) is 0.500. The van der Waals surface area contributed by atoms with Gasteiger partial charge in [-0.2, -0.15) is 0 Å². The molecule has 0 aromatic carbocycles. The summed E-state index contributed by atoms with van der Waals surface area (Å²) in [6, 6.07) is 1.37. The molecular weight excluding hydrogens is 200 g/mol. The van der Waals surface area contributed by atoms with E-state index in [0.717, 1.165) is 19.3 Å². The Balaban J connectivity index is 2.32. The van der Waals surface area contributed by atoms with Crippen molar-refractivity contribution in [1.82, 2.24) is 9.78 Å². The maximum absolute atomic E-state index is 10.7. The van der Waals surface area contributed by atoms with Crippen molar-refractivity contribution in [3.63, 3.8) is 0 Å². The van der Waals surface area contributed by atoms with Gasteiger partial charge < -0.3 is 15.4 Å². The number of nitrogens with zero attached hydrogens (tertiary/aromatic N) is 3. The summed E-state index contributed by atoms with van der Waals surface area (Å²) in [7, 11) is 0. The van der Waals surface area contributed by atoms with Crippen LogP contribution in [0.4, 0.5) is 11.6 Å². The summed E-state index contributed by atoms with van der Waals surface area (Å²) in [4.78, 5) is 20.4. The van der Waals surface area contributed by atoms with Gasteiger partial charge in [0.1, 0.15) is 6.04 Å². The fourth-order valence-corrected chi connectivity index (χ4v) is 1.55. The topological polar surface area (TPSA) is 90.1 Å². The largest absolute Gasteiger partial charge is 0.358 e. The lowest BCUT2D eigenvalue weighted by Gasteiger charge is -2.21. The zero-order chi connectivity index (χ0) is 10.8. The first-order valence-electron chi connectivity index (χ1n) is 4.66. The smallest absolute Gasteiger partial charge is 0.347 e. The van der Waals surface area contributed by atoms with Gasteiger partial charge in [0.25, 0.3) is 0 Å². The Kier molecular flexibility index (Phi) is 2.36. The Labute approximate surface area is 85.2 Å². The maximum atomic E-state index is 10.7. The molecule has 0 unspecified atom stereocenters. The summed E-state index contributed by atoms with van der Waals surface area (Å²) in [5, 5.41) is 17.0. The molecular formula is C8H10N4O3. The average molecular weight is 210 g/mol. The lowest BCUT2D eigenvalue weighted by Crippen LogP contribution is -2.19. The highest BCUT2D eigenvalue weighted by Gasteiger charge is 2.30. The zero-order valence-corrected chi connectivity index (χ0v) is 7.92.